The van der Waals surface area contributed by atoms with Crippen LogP contribution in [0.3, 0.4) is 0 Å². The van der Waals surface area contributed by atoms with Crippen molar-refractivity contribution >= 4 is 51.4 Å². The van der Waals surface area contributed by atoms with Gasteiger partial charge in [-0.15, -0.1) is 11.3 Å². The minimum atomic E-state index is -1.56. The third kappa shape index (κ3) is 4.18. The maximum atomic E-state index is 13.2. The molecule has 0 aliphatic carbocycles. The van der Waals surface area contributed by atoms with Crippen LogP contribution < -0.4 is 26.0 Å². The summed E-state index contributed by atoms with van der Waals surface area (Å²) in [5.41, 5.74) is 6.76. The Hall–Kier alpha value is -4.59. The average Bonchev–Trinajstić information content (AvgIpc) is 3.51. The number of carboxylic acid groups (broad SMARTS) is 1. The fourth-order valence-corrected chi connectivity index (χ4v) is 5.62. The summed E-state index contributed by atoms with van der Waals surface area (Å²) in [6.07, 6.45) is 4.51. The van der Waals surface area contributed by atoms with Gasteiger partial charge in [-0.25, -0.2) is 9.55 Å². The van der Waals surface area contributed by atoms with Gasteiger partial charge in [-0.3, -0.25) is 14.4 Å². The van der Waals surface area contributed by atoms with Crippen molar-refractivity contribution in [2.45, 2.75) is 31.3 Å². The first-order valence-corrected chi connectivity index (χ1v) is 12.6. The van der Waals surface area contributed by atoms with Crippen LogP contribution in [0.15, 0.2) is 51.9 Å². The molecule has 3 amide bonds. The number of nitrogen functional groups attached to an aromatic ring is 1. The summed E-state index contributed by atoms with van der Waals surface area (Å²) < 4.78 is 1.81. The normalized spacial score (nSPS) is 22.6. The zero-order valence-electron chi connectivity index (χ0n) is 20.1. The molecule has 0 bridgehead atoms. The number of thiazole rings is 1. The number of allylic oxidation sites excluding steroid dienone is 2. The summed E-state index contributed by atoms with van der Waals surface area (Å²) in [5, 5.41) is 31.6. The molecule has 0 unspecified atom stereocenters. The number of rotatable bonds is 6. The molecule has 0 radical (unpaired) electrons. The lowest BCUT2D eigenvalue weighted by molar-refractivity contribution is -0.671. The summed E-state index contributed by atoms with van der Waals surface area (Å²) in [5.74, 6) is -3.37. The largest absolute Gasteiger partial charge is 0.543 e. The van der Waals surface area contributed by atoms with Crippen LogP contribution in [0.1, 0.15) is 30.5 Å². The highest BCUT2D eigenvalue weighted by atomic mass is 32.1. The minimum Gasteiger partial charge on any atom is -0.543 e. The van der Waals surface area contributed by atoms with Crippen LogP contribution in [-0.4, -0.2) is 63.1 Å². The van der Waals surface area contributed by atoms with E-state index in [2.05, 4.69) is 20.8 Å². The van der Waals surface area contributed by atoms with Crippen LogP contribution in [0.5, 0.6) is 0 Å². The quantitative estimate of drug-likeness (QED) is 0.0827. The van der Waals surface area contributed by atoms with Crippen LogP contribution >= 0.6 is 11.3 Å². The average molecular weight is 538 g/mol. The molecule has 2 fully saturated rings. The first kappa shape index (κ1) is 25.1. The molecule has 5 heterocycles. The third-order valence-electron chi connectivity index (χ3n) is 6.80. The van der Waals surface area contributed by atoms with Crippen LogP contribution in [0, 0.1) is 0 Å². The maximum Gasteiger partial charge on any atom is 0.276 e. The van der Waals surface area contributed by atoms with E-state index in [0.29, 0.717) is 41.7 Å². The maximum absolute atomic E-state index is 13.2. The molecule has 2 saturated heterocycles. The van der Waals surface area contributed by atoms with Gasteiger partial charge >= 0.3 is 0 Å². The van der Waals surface area contributed by atoms with Gasteiger partial charge in [-0.05, 0) is 36.0 Å². The number of aromatic nitrogens is 2. The standard InChI is InChI=1S/C24H23N7O6S/c1-30-8-5-11(6-9-30)16(13-4-7-26-20(13)32)12-2-3-15-18(22(34)31(15)19(12)23(35)36)28-21(33)17(29-37)14-10-38-24(25)27-14/h5-6,8-10,15,18H,2-4,7H2,1H3,(H5-,25,26,27,28,32,33,35,36,37)/t15-,18+/m1/s1. The number of fused-ring (bicyclic) bond motifs is 1. The van der Waals surface area contributed by atoms with Gasteiger partial charge in [0.1, 0.15) is 18.8 Å². The lowest BCUT2D eigenvalue weighted by Crippen LogP contribution is -2.72. The number of hydrogen-bond donors (Lipinski definition) is 4. The minimum absolute atomic E-state index is 0.0414. The Bertz CT molecular complexity index is 1460. The Kier molecular flexibility index (Phi) is 6.40. The first-order chi connectivity index (χ1) is 18.2. The van der Waals surface area contributed by atoms with E-state index in [1.54, 1.807) is 24.5 Å². The molecule has 14 heteroatoms. The van der Waals surface area contributed by atoms with Gasteiger partial charge in [-0.2, -0.15) is 0 Å². The summed E-state index contributed by atoms with van der Waals surface area (Å²) in [7, 11) is 1.83. The van der Waals surface area contributed by atoms with Gasteiger partial charge in [0.15, 0.2) is 23.2 Å². The van der Waals surface area contributed by atoms with E-state index in [1.807, 2.05) is 11.6 Å². The molecule has 0 saturated carbocycles. The highest BCUT2D eigenvalue weighted by molar-refractivity contribution is 7.13. The van der Waals surface area contributed by atoms with Gasteiger partial charge < -0.3 is 36.4 Å². The molecule has 13 nitrogen and oxygen atoms in total. The fraction of sp³-hybridized carbons (Fsp3) is 0.292. The van der Waals surface area contributed by atoms with Crippen molar-refractivity contribution < 1.29 is 34.1 Å². The number of amides is 3. The molecule has 2 aromatic heterocycles. The van der Waals surface area contributed by atoms with Crippen molar-refractivity contribution in [1.82, 2.24) is 20.5 Å². The molecular formula is C24H23N7O6S. The van der Waals surface area contributed by atoms with Gasteiger partial charge in [0.05, 0.1) is 17.7 Å². The van der Waals surface area contributed by atoms with Crippen molar-refractivity contribution in [1.29, 1.82) is 0 Å². The van der Waals surface area contributed by atoms with E-state index in [4.69, 9.17) is 5.73 Å². The van der Waals surface area contributed by atoms with E-state index >= 15 is 0 Å². The van der Waals surface area contributed by atoms with Gasteiger partial charge in [0.2, 0.25) is 5.91 Å². The molecule has 0 aromatic carbocycles. The number of carbonyl (C=O) groups is 4. The molecule has 2 atom stereocenters. The van der Waals surface area contributed by atoms with Crippen molar-refractivity contribution in [3.05, 3.63) is 58.0 Å². The number of aliphatic carboxylic acids is 1. The van der Waals surface area contributed by atoms with Crippen molar-refractivity contribution in [3.8, 4) is 0 Å². The Labute approximate surface area is 220 Å². The van der Waals surface area contributed by atoms with Crippen LogP contribution in [-0.2, 0) is 26.2 Å². The van der Waals surface area contributed by atoms with Crippen LogP contribution in [0.2, 0.25) is 0 Å². The number of nitrogens with one attached hydrogen (secondary N) is 2. The van der Waals surface area contributed by atoms with E-state index in [1.165, 1.54) is 5.38 Å². The number of hydrogen-bond acceptors (Lipinski definition) is 10. The number of β-lactam (4-membered cyclic amide) rings is 1. The Balaban J connectivity index is 1.49. The highest BCUT2D eigenvalue weighted by Crippen LogP contribution is 2.43. The molecule has 5 rings (SSSR count). The summed E-state index contributed by atoms with van der Waals surface area (Å²) in [6, 6.07) is 1.84. The fourth-order valence-electron chi connectivity index (χ4n) is 5.07. The second-order valence-corrected chi connectivity index (χ2v) is 9.90. The Morgan fingerprint density at radius 2 is 2.05 bits per heavy atom. The molecule has 0 spiro atoms. The monoisotopic (exact) mass is 537 g/mol. The van der Waals surface area contributed by atoms with Crippen LogP contribution in [0.25, 0.3) is 5.57 Å². The number of aryl methyl sites for hydroxylation is 1. The lowest BCUT2D eigenvalue weighted by Gasteiger charge is -2.51. The smallest absolute Gasteiger partial charge is 0.276 e. The zero-order chi connectivity index (χ0) is 27.1. The van der Waals surface area contributed by atoms with E-state index in [-0.39, 0.29) is 28.9 Å². The van der Waals surface area contributed by atoms with E-state index in [0.717, 1.165) is 16.2 Å². The number of oxime groups is 1. The number of carboxylic acids is 1. The SMILES string of the molecule is C[n+]1ccc(C(=C2CCNC2=O)C2=C(C(=O)[O-])N3C(=O)[C@@H](NC(=O)C(=NO)c4csc(N)n4)[C@H]3CC2)cc1. The lowest BCUT2D eigenvalue weighted by atomic mass is 9.79. The third-order valence-corrected chi connectivity index (χ3v) is 7.48. The molecule has 38 heavy (non-hydrogen) atoms. The van der Waals surface area contributed by atoms with E-state index in [9.17, 15) is 29.5 Å². The Morgan fingerprint density at radius 3 is 2.63 bits per heavy atom. The van der Waals surface area contributed by atoms with Gasteiger partial charge in [0.25, 0.3) is 11.8 Å². The molecular weight excluding hydrogens is 514 g/mol. The molecule has 3 aliphatic rings. The molecule has 5 N–H and O–H groups in total. The van der Waals surface area contributed by atoms with E-state index < -0.39 is 35.6 Å². The van der Waals surface area contributed by atoms with Crippen molar-refractivity contribution in [2.75, 3.05) is 12.3 Å². The highest BCUT2D eigenvalue weighted by Gasteiger charge is 2.53. The van der Waals surface area contributed by atoms with Gasteiger partial charge in [-0.1, -0.05) is 5.16 Å². The molecule has 196 valence electrons. The number of carbonyl (C=O) groups excluding carboxylic acids is 4. The zero-order valence-corrected chi connectivity index (χ0v) is 20.9. The van der Waals surface area contributed by atoms with Gasteiger partial charge in [0, 0.05) is 29.6 Å². The topological polar surface area (TPSA) is 194 Å². The number of nitrogens with two attached hydrogens (primary N) is 1. The predicted octanol–water partition coefficient (Wildman–Crippen LogP) is -1.80. The Morgan fingerprint density at radius 1 is 1.32 bits per heavy atom. The number of nitrogens with zero attached hydrogens (tertiary/aromatic N) is 4. The molecule has 3 aliphatic heterocycles. The van der Waals surface area contributed by atoms with Crippen LogP contribution in [0.4, 0.5) is 5.13 Å². The number of pyridine rings is 1. The predicted molar refractivity (Wildman–Crippen MR) is 131 cm³/mol. The summed E-state index contributed by atoms with van der Waals surface area (Å²) >= 11 is 1.05. The molecule has 2 aromatic rings. The first-order valence-electron chi connectivity index (χ1n) is 11.7. The second-order valence-electron chi connectivity index (χ2n) is 9.01. The van der Waals surface area contributed by atoms with Crippen molar-refractivity contribution in [3.63, 3.8) is 0 Å². The second kappa shape index (κ2) is 9.70. The summed E-state index contributed by atoms with van der Waals surface area (Å²) in [6.45, 7) is 0.422. The number of anilines is 1. The summed E-state index contributed by atoms with van der Waals surface area (Å²) in [4.78, 5) is 56.0. The van der Waals surface area contributed by atoms with Crippen molar-refractivity contribution in [2.24, 2.45) is 12.2 Å².